The second-order valence-corrected chi connectivity index (χ2v) is 8.45. The molecule has 1 aliphatic rings. The Labute approximate surface area is 199 Å². The Kier molecular flexibility index (Phi) is 5.80. The molecule has 5 rings (SSSR count). The molecule has 4 aromatic rings. The standard InChI is InChI=1S/C27H22F3N3O2/c1-17-31-23-8-6-21(15-24(23)32-17)20-7-9-25-22(14-20)16-33(12-13-35-25)26(34)19-4-2-18(3-5-19)10-11-27(28,29)30/h2-11,14-15H,12-13,16H2,1H3,(H,31,32). The fraction of sp³-hybridized carbons (Fsp3) is 0.185. The number of amides is 1. The van der Waals surface area contributed by atoms with Gasteiger partial charge in [0.2, 0.25) is 0 Å². The lowest BCUT2D eigenvalue weighted by molar-refractivity contribution is -0.0790. The van der Waals surface area contributed by atoms with Crippen LogP contribution in [0, 0.1) is 6.92 Å². The first-order valence-corrected chi connectivity index (χ1v) is 11.1. The van der Waals surface area contributed by atoms with E-state index in [1.807, 2.05) is 43.3 Å². The van der Waals surface area contributed by atoms with Gasteiger partial charge in [-0.1, -0.05) is 30.3 Å². The summed E-state index contributed by atoms with van der Waals surface area (Å²) in [4.78, 5) is 22.5. The fourth-order valence-electron chi connectivity index (χ4n) is 4.17. The number of fused-ring (bicyclic) bond motifs is 2. The van der Waals surface area contributed by atoms with Crippen molar-refractivity contribution in [3.8, 4) is 16.9 Å². The lowest BCUT2D eigenvalue weighted by Crippen LogP contribution is -2.32. The van der Waals surface area contributed by atoms with Crippen LogP contribution < -0.4 is 4.74 Å². The summed E-state index contributed by atoms with van der Waals surface area (Å²) < 4.78 is 43.1. The van der Waals surface area contributed by atoms with E-state index in [1.165, 1.54) is 12.1 Å². The van der Waals surface area contributed by atoms with Gasteiger partial charge in [-0.2, -0.15) is 13.2 Å². The van der Waals surface area contributed by atoms with Gasteiger partial charge in [0.25, 0.3) is 5.91 Å². The number of aromatic amines is 1. The van der Waals surface area contributed by atoms with Crippen molar-refractivity contribution in [2.45, 2.75) is 19.6 Å². The molecule has 0 fully saturated rings. The number of aryl methyl sites for hydroxylation is 1. The van der Waals surface area contributed by atoms with Crippen molar-refractivity contribution in [2.75, 3.05) is 13.2 Å². The molecule has 0 aliphatic carbocycles. The van der Waals surface area contributed by atoms with Gasteiger partial charge in [0, 0.05) is 23.7 Å². The smallest absolute Gasteiger partial charge is 0.409 e. The molecule has 1 aromatic heterocycles. The number of carbonyl (C=O) groups excluding carboxylic acids is 1. The minimum atomic E-state index is -4.38. The zero-order valence-corrected chi connectivity index (χ0v) is 18.9. The number of nitrogens with one attached hydrogen (secondary N) is 1. The summed E-state index contributed by atoms with van der Waals surface area (Å²) in [6.45, 7) is 3.03. The number of nitrogens with zero attached hydrogens (tertiary/aromatic N) is 2. The summed E-state index contributed by atoms with van der Waals surface area (Å²) >= 11 is 0. The molecule has 0 bridgehead atoms. The third-order valence-corrected chi connectivity index (χ3v) is 5.88. The lowest BCUT2D eigenvalue weighted by Gasteiger charge is -2.20. The molecule has 0 saturated carbocycles. The van der Waals surface area contributed by atoms with Gasteiger partial charge >= 0.3 is 6.18 Å². The van der Waals surface area contributed by atoms with E-state index in [4.69, 9.17) is 4.74 Å². The van der Waals surface area contributed by atoms with E-state index in [9.17, 15) is 18.0 Å². The van der Waals surface area contributed by atoms with E-state index in [0.29, 0.717) is 30.8 Å². The van der Waals surface area contributed by atoms with Crippen LogP contribution in [-0.4, -0.2) is 40.1 Å². The summed E-state index contributed by atoms with van der Waals surface area (Å²) in [5.74, 6) is 1.38. The second-order valence-electron chi connectivity index (χ2n) is 8.45. The summed E-state index contributed by atoms with van der Waals surface area (Å²) in [5, 5.41) is 0. The largest absolute Gasteiger partial charge is 0.491 e. The number of benzene rings is 3. The Balaban J connectivity index is 1.37. The van der Waals surface area contributed by atoms with Crippen LogP contribution in [-0.2, 0) is 6.54 Å². The van der Waals surface area contributed by atoms with E-state index in [2.05, 4.69) is 9.97 Å². The van der Waals surface area contributed by atoms with E-state index >= 15 is 0 Å². The lowest BCUT2D eigenvalue weighted by atomic mass is 10.0. The average Bonchev–Trinajstić information content (AvgIpc) is 3.07. The zero-order chi connectivity index (χ0) is 24.6. The summed E-state index contributed by atoms with van der Waals surface area (Å²) in [5.41, 5.74) is 5.55. The van der Waals surface area contributed by atoms with E-state index in [-0.39, 0.29) is 12.0 Å². The summed E-state index contributed by atoms with van der Waals surface area (Å²) in [7, 11) is 0. The van der Waals surface area contributed by atoms with Gasteiger partial charge < -0.3 is 14.6 Å². The molecule has 1 N–H and O–H groups in total. The molecule has 0 radical (unpaired) electrons. The van der Waals surface area contributed by atoms with Crippen molar-refractivity contribution in [1.29, 1.82) is 0 Å². The number of alkyl halides is 3. The molecule has 0 unspecified atom stereocenters. The van der Waals surface area contributed by atoms with Crippen molar-refractivity contribution in [1.82, 2.24) is 14.9 Å². The van der Waals surface area contributed by atoms with Gasteiger partial charge in [0.05, 0.1) is 17.6 Å². The normalized spacial score (nSPS) is 14.1. The Morgan fingerprint density at radius 1 is 1.06 bits per heavy atom. The van der Waals surface area contributed by atoms with E-state index < -0.39 is 6.18 Å². The van der Waals surface area contributed by atoms with Gasteiger partial charge in [0.15, 0.2) is 0 Å². The maximum absolute atomic E-state index is 13.2. The highest BCUT2D eigenvalue weighted by Gasteiger charge is 2.23. The quantitative estimate of drug-likeness (QED) is 0.385. The van der Waals surface area contributed by atoms with Crippen molar-refractivity contribution >= 4 is 23.0 Å². The molecule has 178 valence electrons. The molecular formula is C27H22F3N3O2. The van der Waals surface area contributed by atoms with Gasteiger partial charge in [-0.25, -0.2) is 4.98 Å². The highest BCUT2D eigenvalue weighted by atomic mass is 19.4. The monoisotopic (exact) mass is 477 g/mol. The van der Waals surface area contributed by atoms with Crippen molar-refractivity contribution in [2.24, 2.45) is 0 Å². The predicted octanol–water partition coefficient (Wildman–Crippen LogP) is 6.15. The number of halogens is 3. The third-order valence-electron chi connectivity index (χ3n) is 5.88. The van der Waals surface area contributed by atoms with Crippen LogP contribution in [0.1, 0.15) is 27.3 Å². The maximum Gasteiger partial charge on any atom is 0.409 e. The number of allylic oxidation sites excluding steroid dienone is 1. The first kappa shape index (κ1) is 22.7. The molecule has 1 amide bonds. The van der Waals surface area contributed by atoms with Gasteiger partial charge in [-0.3, -0.25) is 4.79 Å². The average molecular weight is 477 g/mol. The topological polar surface area (TPSA) is 58.2 Å². The Bertz CT molecular complexity index is 1420. The van der Waals surface area contributed by atoms with Crippen LogP contribution in [0.3, 0.4) is 0 Å². The molecule has 0 atom stereocenters. The Morgan fingerprint density at radius 3 is 2.57 bits per heavy atom. The number of imidazole rings is 1. The number of hydrogen-bond acceptors (Lipinski definition) is 3. The molecule has 2 heterocycles. The van der Waals surface area contributed by atoms with Gasteiger partial charge in [-0.15, -0.1) is 0 Å². The second kappa shape index (κ2) is 8.94. The van der Waals surface area contributed by atoms with Crippen LogP contribution in [0.15, 0.2) is 66.7 Å². The van der Waals surface area contributed by atoms with E-state index in [0.717, 1.165) is 45.4 Å². The summed E-state index contributed by atoms with van der Waals surface area (Å²) in [6.07, 6.45) is -3.22. The van der Waals surface area contributed by atoms with Crippen LogP contribution in [0.5, 0.6) is 5.75 Å². The molecule has 0 saturated heterocycles. The molecular weight excluding hydrogens is 455 g/mol. The number of rotatable bonds is 3. The Hall–Kier alpha value is -4.07. The maximum atomic E-state index is 13.2. The first-order chi connectivity index (χ1) is 16.7. The highest BCUT2D eigenvalue weighted by molar-refractivity contribution is 5.94. The third kappa shape index (κ3) is 5.06. The number of carbonyl (C=O) groups is 1. The van der Waals surface area contributed by atoms with Gasteiger partial charge in [-0.05, 0) is 60.0 Å². The van der Waals surface area contributed by atoms with Crippen molar-refractivity contribution < 1.29 is 22.7 Å². The van der Waals surface area contributed by atoms with Crippen LogP contribution in [0.2, 0.25) is 0 Å². The number of ether oxygens (including phenoxy) is 1. The van der Waals surface area contributed by atoms with Gasteiger partial charge in [0.1, 0.15) is 18.2 Å². The van der Waals surface area contributed by atoms with Crippen molar-refractivity contribution in [3.05, 3.63) is 89.3 Å². The van der Waals surface area contributed by atoms with Crippen LogP contribution in [0.4, 0.5) is 13.2 Å². The van der Waals surface area contributed by atoms with Crippen LogP contribution >= 0.6 is 0 Å². The van der Waals surface area contributed by atoms with Crippen molar-refractivity contribution in [3.63, 3.8) is 0 Å². The molecule has 3 aromatic carbocycles. The molecule has 0 spiro atoms. The number of H-pyrrole nitrogens is 1. The Morgan fingerprint density at radius 2 is 1.80 bits per heavy atom. The fourth-order valence-corrected chi connectivity index (χ4v) is 4.17. The van der Waals surface area contributed by atoms with Crippen LogP contribution in [0.25, 0.3) is 28.2 Å². The highest BCUT2D eigenvalue weighted by Crippen LogP contribution is 2.31. The summed E-state index contributed by atoms with van der Waals surface area (Å²) in [6, 6.07) is 18.1. The first-order valence-electron chi connectivity index (χ1n) is 11.1. The molecule has 35 heavy (non-hydrogen) atoms. The predicted molar refractivity (Wildman–Crippen MR) is 128 cm³/mol. The minimum absolute atomic E-state index is 0.176. The minimum Gasteiger partial charge on any atom is -0.491 e. The SMILES string of the molecule is Cc1nc2ccc(-c3ccc4c(c3)CN(C(=O)c3ccc(C=CC(F)(F)F)cc3)CCO4)cc2[nH]1. The molecule has 5 nitrogen and oxygen atoms in total. The molecule has 8 heteroatoms. The number of hydrogen-bond donors (Lipinski definition) is 1. The number of aromatic nitrogens is 2. The van der Waals surface area contributed by atoms with E-state index in [1.54, 1.807) is 17.0 Å². The molecule has 1 aliphatic heterocycles. The zero-order valence-electron chi connectivity index (χ0n) is 18.9.